The molecule has 0 aromatic heterocycles. The topological polar surface area (TPSA) is 42.8 Å². The summed E-state index contributed by atoms with van der Waals surface area (Å²) in [5.41, 5.74) is 6.47. The molecule has 28 heavy (non-hydrogen) atoms. The van der Waals surface area contributed by atoms with E-state index in [0.717, 1.165) is 11.3 Å². The van der Waals surface area contributed by atoms with E-state index in [1.807, 2.05) is 50.2 Å². The summed E-state index contributed by atoms with van der Waals surface area (Å²) in [5, 5.41) is 4.26. The Morgan fingerprint density at radius 1 is 0.964 bits per heavy atom. The van der Waals surface area contributed by atoms with Gasteiger partial charge in [0.05, 0.1) is 18.5 Å². The predicted molar refractivity (Wildman–Crippen MR) is 111 cm³/mol. The summed E-state index contributed by atoms with van der Waals surface area (Å²) in [7, 11) is 0. The first-order valence-electron chi connectivity index (χ1n) is 9.14. The van der Waals surface area contributed by atoms with E-state index in [4.69, 9.17) is 9.47 Å². The average Bonchev–Trinajstić information content (AvgIpc) is 2.70. The van der Waals surface area contributed by atoms with Crippen molar-refractivity contribution in [3.8, 4) is 11.5 Å². The molecule has 0 amide bonds. The van der Waals surface area contributed by atoms with E-state index in [1.54, 1.807) is 30.5 Å². The molecule has 0 aliphatic rings. The smallest absolute Gasteiger partial charge is 0.161 e. The summed E-state index contributed by atoms with van der Waals surface area (Å²) in [4.78, 5) is 0. The Hall–Kier alpha value is -3.34. The Morgan fingerprint density at radius 2 is 1.75 bits per heavy atom. The Morgan fingerprint density at radius 3 is 2.50 bits per heavy atom. The quantitative estimate of drug-likeness (QED) is 0.412. The van der Waals surface area contributed by atoms with Crippen LogP contribution in [0.3, 0.4) is 0 Å². The number of hydrogen-bond donors (Lipinski definition) is 1. The third-order valence-electron chi connectivity index (χ3n) is 4.07. The fourth-order valence-electron chi connectivity index (χ4n) is 2.57. The molecule has 0 spiro atoms. The third kappa shape index (κ3) is 5.33. The maximum absolute atomic E-state index is 13.8. The molecular weight excluding hydrogens is 355 g/mol. The van der Waals surface area contributed by atoms with E-state index in [-0.39, 0.29) is 12.4 Å². The maximum Gasteiger partial charge on any atom is 0.161 e. The van der Waals surface area contributed by atoms with Crippen LogP contribution in [0, 0.1) is 12.7 Å². The molecule has 144 valence electrons. The number of nitrogens with one attached hydrogen (secondary N) is 1. The van der Waals surface area contributed by atoms with Gasteiger partial charge in [0.2, 0.25) is 0 Å². The van der Waals surface area contributed by atoms with Crippen LogP contribution in [-0.4, -0.2) is 12.8 Å². The van der Waals surface area contributed by atoms with Crippen molar-refractivity contribution in [1.29, 1.82) is 0 Å². The molecule has 1 N–H and O–H groups in total. The lowest BCUT2D eigenvalue weighted by molar-refractivity contribution is 0.266. The molecule has 3 aromatic rings. The molecule has 4 nitrogen and oxygen atoms in total. The normalized spacial score (nSPS) is 10.8. The van der Waals surface area contributed by atoms with Crippen molar-refractivity contribution in [1.82, 2.24) is 0 Å². The molecule has 0 heterocycles. The average molecular weight is 378 g/mol. The number of rotatable bonds is 8. The van der Waals surface area contributed by atoms with Crippen molar-refractivity contribution in [3.05, 3.63) is 89.2 Å². The standard InChI is InChI=1S/C23H23FN2O2/c1-3-27-23-14-18(15-25-26-20-11-8-17(2)9-12-20)10-13-22(23)28-16-19-6-4-5-7-21(19)24/h4-15,26H,3,16H2,1-2H3/b25-15+. The zero-order chi connectivity index (χ0) is 19.8. The molecule has 3 aromatic carbocycles. The van der Waals surface area contributed by atoms with Crippen LogP contribution in [0.5, 0.6) is 11.5 Å². The van der Waals surface area contributed by atoms with Gasteiger partial charge < -0.3 is 9.47 Å². The first-order valence-corrected chi connectivity index (χ1v) is 9.14. The van der Waals surface area contributed by atoms with Crippen LogP contribution >= 0.6 is 0 Å². The molecule has 5 heteroatoms. The summed E-state index contributed by atoms with van der Waals surface area (Å²) in [6.07, 6.45) is 1.71. The van der Waals surface area contributed by atoms with Crippen molar-refractivity contribution >= 4 is 11.9 Å². The van der Waals surface area contributed by atoms with Gasteiger partial charge in [-0.3, -0.25) is 5.43 Å². The predicted octanol–water partition coefficient (Wildman–Crippen LogP) is 5.56. The van der Waals surface area contributed by atoms with Crippen LogP contribution in [0.25, 0.3) is 0 Å². The van der Waals surface area contributed by atoms with Gasteiger partial charge in [0, 0.05) is 5.56 Å². The zero-order valence-electron chi connectivity index (χ0n) is 16.0. The third-order valence-corrected chi connectivity index (χ3v) is 4.07. The van der Waals surface area contributed by atoms with Crippen LogP contribution in [0.15, 0.2) is 71.8 Å². The Balaban J connectivity index is 1.68. The fraction of sp³-hybridized carbons (Fsp3) is 0.174. The highest BCUT2D eigenvalue weighted by atomic mass is 19.1. The second kappa shape index (κ2) is 9.55. The summed E-state index contributed by atoms with van der Waals surface area (Å²) < 4.78 is 25.2. The maximum atomic E-state index is 13.8. The first kappa shape index (κ1) is 19.4. The highest BCUT2D eigenvalue weighted by Crippen LogP contribution is 2.29. The van der Waals surface area contributed by atoms with E-state index in [9.17, 15) is 4.39 Å². The number of halogens is 1. The van der Waals surface area contributed by atoms with Crippen LogP contribution in [-0.2, 0) is 6.61 Å². The number of benzene rings is 3. The molecule has 0 aliphatic heterocycles. The minimum Gasteiger partial charge on any atom is -0.490 e. The minimum atomic E-state index is -0.286. The molecule has 0 saturated heterocycles. The second-order valence-electron chi connectivity index (χ2n) is 6.26. The Labute approximate surface area is 164 Å². The molecule has 0 bridgehead atoms. The van der Waals surface area contributed by atoms with Gasteiger partial charge in [-0.15, -0.1) is 0 Å². The van der Waals surface area contributed by atoms with E-state index in [1.165, 1.54) is 11.6 Å². The van der Waals surface area contributed by atoms with Gasteiger partial charge in [-0.25, -0.2) is 4.39 Å². The van der Waals surface area contributed by atoms with Crippen LogP contribution in [0.4, 0.5) is 10.1 Å². The first-order chi connectivity index (χ1) is 13.7. The Kier molecular flexibility index (Phi) is 6.63. The number of aryl methyl sites for hydroxylation is 1. The second-order valence-corrected chi connectivity index (χ2v) is 6.26. The fourth-order valence-corrected chi connectivity index (χ4v) is 2.57. The molecule has 0 fully saturated rings. The van der Waals surface area contributed by atoms with E-state index >= 15 is 0 Å². The summed E-state index contributed by atoms with van der Waals surface area (Å²) in [6.45, 7) is 4.58. The van der Waals surface area contributed by atoms with Gasteiger partial charge in [-0.1, -0.05) is 35.9 Å². The molecule has 0 atom stereocenters. The molecule has 0 aliphatic carbocycles. The van der Waals surface area contributed by atoms with E-state index < -0.39 is 0 Å². The number of anilines is 1. The van der Waals surface area contributed by atoms with Gasteiger partial charge in [0.25, 0.3) is 0 Å². The lowest BCUT2D eigenvalue weighted by atomic mass is 10.2. The van der Waals surface area contributed by atoms with Gasteiger partial charge >= 0.3 is 0 Å². The highest BCUT2D eigenvalue weighted by Gasteiger charge is 2.08. The van der Waals surface area contributed by atoms with Crippen molar-refractivity contribution in [3.63, 3.8) is 0 Å². The van der Waals surface area contributed by atoms with Gasteiger partial charge in [0.15, 0.2) is 11.5 Å². The molecular formula is C23H23FN2O2. The molecule has 0 saturated carbocycles. The summed E-state index contributed by atoms with van der Waals surface area (Å²) >= 11 is 0. The van der Waals surface area contributed by atoms with E-state index in [2.05, 4.69) is 10.5 Å². The van der Waals surface area contributed by atoms with Crippen molar-refractivity contribution < 1.29 is 13.9 Å². The SMILES string of the molecule is CCOc1cc(/C=N/Nc2ccc(C)cc2)ccc1OCc1ccccc1F. The van der Waals surface area contributed by atoms with Crippen molar-refractivity contribution in [2.45, 2.75) is 20.5 Å². The highest BCUT2D eigenvalue weighted by molar-refractivity contribution is 5.81. The molecule has 0 radical (unpaired) electrons. The van der Waals surface area contributed by atoms with Gasteiger partial charge in [-0.2, -0.15) is 5.10 Å². The van der Waals surface area contributed by atoms with Crippen LogP contribution in [0.2, 0.25) is 0 Å². The minimum absolute atomic E-state index is 0.134. The number of ether oxygens (including phenoxy) is 2. The summed E-state index contributed by atoms with van der Waals surface area (Å²) in [5.74, 6) is 0.873. The van der Waals surface area contributed by atoms with E-state index in [0.29, 0.717) is 23.7 Å². The van der Waals surface area contributed by atoms with Gasteiger partial charge in [-0.05, 0) is 55.8 Å². The number of hydrogen-bond acceptors (Lipinski definition) is 4. The Bertz CT molecular complexity index is 940. The largest absolute Gasteiger partial charge is 0.490 e. The molecule has 3 rings (SSSR count). The number of hydrazone groups is 1. The lowest BCUT2D eigenvalue weighted by Crippen LogP contribution is -2.02. The monoisotopic (exact) mass is 378 g/mol. The van der Waals surface area contributed by atoms with Crippen LogP contribution in [0.1, 0.15) is 23.6 Å². The van der Waals surface area contributed by atoms with Gasteiger partial charge in [0.1, 0.15) is 12.4 Å². The van der Waals surface area contributed by atoms with Crippen molar-refractivity contribution in [2.24, 2.45) is 5.10 Å². The molecule has 0 unspecified atom stereocenters. The lowest BCUT2D eigenvalue weighted by Gasteiger charge is -2.13. The number of nitrogens with zero attached hydrogens (tertiary/aromatic N) is 1. The summed E-state index contributed by atoms with van der Waals surface area (Å²) in [6, 6.07) is 20.1. The zero-order valence-corrected chi connectivity index (χ0v) is 16.0. The van der Waals surface area contributed by atoms with Crippen molar-refractivity contribution in [2.75, 3.05) is 12.0 Å². The van der Waals surface area contributed by atoms with Crippen LogP contribution < -0.4 is 14.9 Å².